The van der Waals surface area contributed by atoms with Crippen LogP contribution in [0.1, 0.15) is 32.6 Å². The van der Waals surface area contributed by atoms with Crippen LogP contribution in [0.4, 0.5) is 5.69 Å². The summed E-state index contributed by atoms with van der Waals surface area (Å²) in [5.74, 6) is 1.72. The van der Waals surface area contributed by atoms with Gasteiger partial charge in [0.2, 0.25) is 0 Å². The molecule has 0 spiro atoms. The number of anilines is 1. The molecule has 2 unspecified atom stereocenters. The molecule has 100 valence electrons. The molecule has 0 amide bonds. The van der Waals surface area contributed by atoms with Gasteiger partial charge in [-0.1, -0.05) is 19.8 Å². The third-order valence-electron chi connectivity index (χ3n) is 4.05. The maximum atomic E-state index is 4.47. The van der Waals surface area contributed by atoms with Crippen LogP contribution in [0.3, 0.4) is 0 Å². The Balaban J connectivity index is 1.69. The SMILES string of the molecule is CCC1CCCC1Nc1ccc(-n2ccnc2)nc1. The van der Waals surface area contributed by atoms with E-state index in [1.807, 2.05) is 23.0 Å². The Bertz CT molecular complexity index is 503. The van der Waals surface area contributed by atoms with Crippen molar-refractivity contribution in [2.24, 2.45) is 5.92 Å². The molecule has 2 aromatic rings. The summed E-state index contributed by atoms with van der Waals surface area (Å²) in [7, 11) is 0. The van der Waals surface area contributed by atoms with E-state index >= 15 is 0 Å². The van der Waals surface area contributed by atoms with E-state index in [0.29, 0.717) is 6.04 Å². The molecule has 19 heavy (non-hydrogen) atoms. The third-order valence-corrected chi connectivity index (χ3v) is 4.05. The van der Waals surface area contributed by atoms with Crippen molar-refractivity contribution in [2.75, 3.05) is 5.32 Å². The highest BCUT2D eigenvalue weighted by molar-refractivity contribution is 5.44. The highest BCUT2D eigenvalue weighted by Gasteiger charge is 2.25. The van der Waals surface area contributed by atoms with Gasteiger partial charge in [-0.15, -0.1) is 0 Å². The Labute approximate surface area is 113 Å². The maximum Gasteiger partial charge on any atom is 0.137 e. The number of nitrogens with one attached hydrogen (secondary N) is 1. The average molecular weight is 256 g/mol. The fourth-order valence-corrected chi connectivity index (χ4v) is 2.95. The molecule has 1 aliphatic carbocycles. The van der Waals surface area contributed by atoms with E-state index < -0.39 is 0 Å². The first-order valence-corrected chi connectivity index (χ1v) is 7.07. The molecule has 2 atom stereocenters. The molecule has 1 aliphatic rings. The van der Waals surface area contributed by atoms with Crippen LogP contribution in [0.5, 0.6) is 0 Å². The second-order valence-corrected chi connectivity index (χ2v) is 5.23. The van der Waals surface area contributed by atoms with Crippen molar-refractivity contribution < 1.29 is 0 Å². The van der Waals surface area contributed by atoms with Gasteiger partial charge in [0.1, 0.15) is 12.1 Å². The van der Waals surface area contributed by atoms with Gasteiger partial charge in [-0.2, -0.15) is 0 Å². The van der Waals surface area contributed by atoms with Crippen molar-refractivity contribution in [3.8, 4) is 5.82 Å². The Morgan fingerprint density at radius 2 is 2.32 bits per heavy atom. The highest BCUT2D eigenvalue weighted by atomic mass is 15.1. The van der Waals surface area contributed by atoms with Crippen LogP contribution in [0.15, 0.2) is 37.1 Å². The Hall–Kier alpha value is -1.84. The summed E-state index contributed by atoms with van der Waals surface area (Å²) in [6.45, 7) is 2.28. The third kappa shape index (κ3) is 2.62. The zero-order chi connectivity index (χ0) is 13.1. The van der Waals surface area contributed by atoms with E-state index in [9.17, 15) is 0 Å². The van der Waals surface area contributed by atoms with Gasteiger partial charge in [-0.05, 0) is 30.9 Å². The van der Waals surface area contributed by atoms with Crippen LogP contribution in [0.25, 0.3) is 5.82 Å². The maximum absolute atomic E-state index is 4.47. The van der Waals surface area contributed by atoms with Crippen molar-refractivity contribution in [1.82, 2.24) is 14.5 Å². The number of nitrogens with zero attached hydrogens (tertiary/aromatic N) is 3. The number of hydrogen-bond acceptors (Lipinski definition) is 3. The monoisotopic (exact) mass is 256 g/mol. The molecule has 4 heteroatoms. The molecule has 0 bridgehead atoms. The van der Waals surface area contributed by atoms with Gasteiger partial charge in [-0.3, -0.25) is 4.57 Å². The van der Waals surface area contributed by atoms with Crippen LogP contribution in [-0.4, -0.2) is 20.6 Å². The minimum absolute atomic E-state index is 0.617. The summed E-state index contributed by atoms with van der Waals surface area (Å²) in [6, 6.07) is 4.75. The zero-order valence-electron chi connectivity index (χ0n) is 11.3. The number of rotatable bonds is 4. The van der Waals surface area contributed by atoms with Crippen molar-refractivity contribution in [2.45, 2.75) is 38.6 Å². The fourth-order valence-electron chi connectivity index (χ4n) is 2.95. The van der Waals surface area contributed by atoms with E-state index in [1.54, 1.807) is 12.5 Å². The van der Waals surface area contributed by atoms with Crippen LogP contribution >= 0.6 is 0 Å². The second-order valence-electron chi connectivity index (χ2n) is 5.23. The van der Waals surface area contributed by atoms with Crippen LogP contribution < -0.4 is 5.32 Å². The minimum atomic E-state index is 0.617. The summed E-state index contributed by atoms with van der Waals surface area (Å²) >= 11 is 0. The first-order chi connectivity index (χ1) is 9.36. The molecule has 0 aliphatic heterocycles. The van der Waals surface area contributed by atoms with Crippen molar-refractivity contribution >= 4 is 5.69 Å². The molecular weight excluding hydrogens is 236 g/mol. The molecule has 3 rings (SSSR count). The van der Waals surface area contributed by atoms with Crippen LogP contribution in [0.2, 0.25) is 0 Å². The summed E-state index contributed by atoms with van der Waals surface area (Å²) in [6.07, 6.45) is 12.6. The van der Waals surface area contributed by atoms with Gasteiger partial charge >= 0.3 is 0 Å². The van der Waals surface area contributed by atoms with Crippen molar-refractivity contribution in [1.29, 1.82) is 0 Å². The predicted octanol–water partition coefficient (Wildman–Crippen LogP) is 3.26. The van der Waals surface area contributed by atoms with Crippen molar-refractivity contribution in [3.05, 3.63) is 37.1 Å². The number of imidazole rings is 1. The average Bonchev–Trinajstić information content (AvgIpc) is 3.10. The normalized spacial score (nSPS) is 22.6. The fraction of sp³-hybridized carbons (Fsp3) is 0.467. The molecule has 0 radical (unpaired) electrons. The van der Waals surface area contributed by atoms with Gasteiger partial charge in [-0.25, -0.2) is 9.97 Å². The molecule has 0 aromatic carbocycles. The molecule has 2 aromatic heterocycles. The molecule has 1 N–H and O–H groups in total. The molecule has 1 fully saturated rings. The molecule has 1 saturated carbocycles. The van der Waals surface area contributed by atoms with E-state index in [1.165, 1.54) is 25.7 Å². The topological polar surface area (TPSA) is 42.7 Å². The lowest BCUT2D eigenvalue weighted by atomic mass is 10.0. The van der Waals surface area contributed by atoms with E-state index in [4.69, 9.17) is 0 Å². The zero-order valence-corrected chi connectivity index (χ0v) is 11.3. The van der Waals surface area contributed by atoms with Gasteiger partial charge in [0.15, 0.2) is 0 Å². The van der Waals surface area contributed by atoms with E-state index in [2.05, 4.69) is 28.3 Å². The summed E-state index contributed by atoms with van der Waals surface area (Å²) in [5.41, 5.74) is 1.12. The summed E-state index contributed by atoms with van der Waals surface area (Å²) in [5, 5.41) is 3.63. The molecular formula is C15H20N4. The smallest absolute Gasteiger partial charge is 0.137 e. The quantitative estimate of drug-likeness (QED) is 0.913. The number of hydrogen-bond donors (Lipinski definition) is 1. The summed E-state index contributed by atoms with van der Waals surface area (Å²) < 4.78 is 1.91. The molecule has 0 saturated heterocycles. The van der Waals surface area contributed by atoms with E-state index in [-0.39, 0.29) is 0 Å². The largest absolute Gasteiger partial charge is 0.381 e. The van der Waals surface area contributed by atoms with Crippen LogP contribution in [-0.2, 0) is 0 Å². The standard InChI is InChI=1S/C15H20N4/c1-2-12-4-3-5-14(12)18-13-6-7-15(17-10-13)19-9-8-16-11-19/h6-12,14,18H,2-5H2,1H3. The first kappa shape index (κ1) is 12.2. The van der Waals surface area contributed by atoms with Gasteiger partial charge < -0.3 is 5.32 Å². The predicted molar refractivity (Wildman–Crippen MR) is 76.4 cm³/mol. The van der Waals surface area contributed by atoms with E-state index in [0.717, 1.165) is 17.4 Å². The molecule has 4 nitrogen and oxygen atoms in total. The Morgan fingerprint density at radius 3 is 3.00 bits per heavy atom. The Kier molecular flexibility index (Phi) is 3.49. The van der Waals surface area contributed by atoms with Gasteiger partial charge in [0.25, 0.3) is 0 Å². The van der Waals surface area contributed by atoms with Crippen molar-refractivity contribution in [3.63, 3.8) is 0 Å². The lowest BCUT2D eigenvalue weighted by Crippen LogP contribution is -2.23. The lowest BCUT2D eigenvalue weighted by molar-refractivity contribution is 0.489. The van der Waals surface area contributed by atoms with Gasteiger partial charge in [0.05, 0.1) is 11.9 Å². The minimum Gasteiger partial charge on any atom is -0.381 e. The lowest BCUT2D eigenvalue weighted by Gasteiger charge is -2.20. The van der Waals surface area contributed by atoms with Gasteiger partial charge in [0, 0.05) is 18.4 Å². The molecule has 2 heterocycles. The number of pyridine rings is 1. The second kappa shape index (κ2) is 5.43. The van der Waals surface area contributed by atoms with Crippen LogP contribution in [0, 0.1) is 5.92 Å². The number of aromatic nitrogens is 3. The Morgan fingerprint density at radius 1 is 1.37 bits per heavy atom. The highest BCUT2D eigenvalue weighted by Crippen LogP contribution is 2.30. The summed E-state index contributed by atoms with van der Waals surface area (Å²) in [4.78, 5) is 8.51. The first-order valence-electron chi connectivity index (χ1n) is 7.07.